The van der Waals surface area contributed by atoms with Crippen molar-refractivity contribution >= 4 is 28.2 Å². The third-order valence-electron chi connectivity index (χ3n) is 7.01. The zero-order valence-electron chi connectivity index (χ0n) is 20.3. The third-order valence-corrected chi connectivity index (χ3v) is 7.01. The van der Waals surface area contributed by atoms with Gasteiger partial charge in [-0.05, 0) is 18.6 Å². The summed E-state index contributed by atoms with van der Waals surface area (Å²) in [5.41, 5.74) is 2.42. The van der Waals surface area contributed by atoms with Crippen molar-refractivity contribution in [2.24, 2.45) is 0 Å². The van der Waals surface area contributed by atoms with Gasteiger partial charge in [-0.2, -0.15) is 0 Å². The van der Waals surface area contributed by atoms with Gasteiger partial charge in [-0.1, -0.05) is 36.4 Å². The number of nitrogens with zero attached hydrogens (tertiary/aromatic N) is 2. The Morgan fingerprint density at radius 3 is 2.63 bits per heavy atom. The number of para-hydroxylation sites is 2. The Balaban J connectivity index is 1.46. The summed E-state index contributed by atoms with van der Waals surface area (Å²) < 4.78 is 54.1. The molecule has 0 radical (unpaired) electrons. The minimum Gasteiger partial charge on any atom is -0.493 e. The summed E-state index contributed by atoms with van der Waals surface area (Å²) in [5, 5.41) is 3.69. The molecule has 1 fully saturated rings. The van der Waals surface area contributed by atoms with Gasteiger partial charge in [0.15, 0.2) is 11.6 Å². The zero-order chi connectivity index (χ0) is 26.2. The van der Waals surface area contributed by atoms with Crippen LogP contribution in [0.1, 0.15) is 17.9 Å². The molecule has 0 unspecified atom stereocenters. The van der Waals surface area contributed by atoms with Crippen LogP contribution in [0.3, 0.4) is 0 Å². The Kier molecular flexibility index (Phi) is 6.37. The first kappa shape index (κ1) is 24.2. The van der Waals surface area contributed by atoms with Crippen molar-refractivity contribution in [3.8, 4) is 16.9 Å². The van der Waals surface area contributed by atoms with Gasteiger partial charge in [0.05, 0.1) is 48.8 Å². The van der Waals surface area contributed by atoms with Gasteiger partial charge in [0.2, 0.25) is 5.91 Å². The average molecular weight is 520 g/mol. The van der Waals surface area contributed by atoms with E-state index in [1.807, 2.05) is 30.3 Å². The van der Waals surface area contributed by atoms with Gasteiger partial charge in [0.25, 0.3) is 0 Å². The molecule has 1 saturated heterocycles. The van der Waals surface area contributed by atoms with E-state index in [0.717, 1.165) is 11.6 Å². The van der Waals surface area contributed by atoms with Crippen molar-refractivity contribution < 1.29 is 27.4 Å². The van der Waals surface area contributed by atoms with Gasteiger partial charge in [0.1, 0.15) is 11.6 Å². The zero-order valence-corrected chi connectivity index (χ0v) is 20.3. The number of halogens is 3. The van der Waals surface area contributed by atoms with E-state index in [1.165, 1.54) is 6.20 Å². The highest BCUT2D eigenvalue weighted by Gasteiger charge is 2.29. The maximum Gasteiger partial charge on any atom is 0.232 e. The molecule has 1 N–H and O–H groups in total. The number of benzene rings is 3. The number of fused-ring (bicyclic) bond motifs is 2. The van der Waals surface area contributed by atoms with E-state index in [2.05, 4.69) is 15.2 Å². The first-order chi connectivity index (χ1) is 18.5. The van der Waals surface area contributed by atoms with E-state index in [9.17, 15) is 18.0 Å². The lowest BCUT2D eigenvalue weighted by Crippen LogP contribution is -2.37. The SMILES string of the molecule is O=C(Nc1cnc2c(-c3cc(F)cc(F)c3F)cccc2c1N1CCOCC1)[C@H]1CCOc2ccccc21. The number of carbonyl (C=O) groups is 1. The number of morpholine rings is 1. The predicted octanol–water partition coefficient (Wildman–Crippen LogP) is 5.66. The highest BCUT2D eigenvalue weighted by Crippen LogP contribution is 2.40. The Bertz CT molecular complexity index is 1540. The van der Waals surface area contributed by atoms with Crippen LogP contribution in [0.5, 0.6) is 5.75 Å². The van der Waals surface area contributed by atoms with Crippen LogP contribution >= 0.6 is 0 Å². The van der Waals surface area contributed by atoms with Gasteiger partial charge in [-0.15, -0.1) is 0 Å². The third kappa shape index (κ3) is 4.32. The molecule has 0 bridgehead atoms. The second-order valence-corrected chi connectivity index (χ2v) is 9.29. The molecule has 1 aromatic heterocycles. The van der Waals surface area contributed by atoms with E-state index >= 15 is 0 Å². The summed E-state index contributed by atoms with van der Waals surface area (Å²) in [6.07, 6.45) is 2.05. The summed E-state index contributed by atoms with van der Waals surface area (Å²) in [7, 11) is 0. The number of rotatable bonds is 4. The van der Waals surface area contributed by atoms with E-state index in [4.69, 9.17) is 9.47 Å². The lowest BCUT2D eigenvalue weighted by molar-refractivity contribution is -0.118. The first-order valence-electron chi connectivity index (χ1n) is 12.4. The lowest BCUT2D eigenvalue weighted by atomic mass is 9.92. The number of hydrogen-bond donors (Lipinski definition) is 1. The normalized spacial score (nSPS) is 17.1. The van der Waals surface area contributed by atoms with E-state index in [-0.39, 0.29) is 17.0 Å². The fourth-order valence-corrected chi connectivity index (χ4v) is 5.23. The maximum atomic E-state index is 14.8. The molecule has 194 valence electrons. The van der Waals surface area contributed by atoms with Crippen LogP contribution in [0.25, 0.3) is 22.0 Å². The number of ether oxygens (including phenoxy) is 2. The molecule has 3 heterocycles. The Hall–Kier alpha value is -4.11. The van der Waals surface area contributed by atoms with E-state index in [1.54, 1.807) is 12.1 Å². The fraction of sp³-hybridized carbons (Fsp3) is 0.241. The van der Waals surface area contributed by atoms with Gasteiger partial charge >= 0.3 is 0 Å². The second kappa shape index (κ2) is 9.98. The standard InChI is InChI=1S/C29H24F3N3O3/c30-17-14-22(26(32)23(31)15-17)19-5-3-6-21-27(19)33-16-24(28(21)35-9-12-37-13-10-35)34-29(36)20-8-11-38-25-7-2-1-4-18(20)25/h1-7,14-16,20H,8-13H2,(H,34,36)/t20-/m0/s1. The minimum atomic E-state index is -1.27. The topological polar surface area (TPSA) is 63.7 Å². The molecule has 38 heavy (non-hydrogen) atoms. The van der Waals surface area contributed by atoms with Crippen LogP contribution in [-0.4, -0.2) is 43.8 Å². The number of pyridine rings is 1. The molecular formula is C29H24F3N3O3. The molecule has 3 aromatic carbocycles. The molecule has 4 aromatic rings. The van der Waals surface area contributed by atoms with Crippen LogP contribution in [0, 0.1) is 17.5 Å². The summed E-state index contributed by atoms with van der Waals surface area (Å²) in [6.45, 7) is 2.55. The van der Waals surface area contributed by atoms with E-state index < -0.39 is 23.4 Å². The second-order valence-electron chi connectivity index (χ2n) is 9.29. The Morgan fingerprint density at radius 1 is 0.974 bits per heavy atom. The van der Waals surface area contributed by atoms with Crippen LogP contribution < -0.4 is 15.0 Å². The molecule has 0 aliphatic carbocycles. The summed E-state index contributed by atoms with van der Waals surface area (Å²) >= 11 is 0. The summed E-state index contributed by atoms with van der Waals surface area (Å²) in [5.74, 6) is -3.20. The van der Waals surface area contributed by atoms with Gasteiger partial charge in [-0.3, -0.25) is 9.78 Å². The first-order valence-corrected chi connectivity index (χ1v) is 12.4. The van der Waals surface area contributed by atoms with Crippen molar-refractivity contribution in [2.45, 2.75) is 12.3 Å². The molecule has 9 heteroatoms. The largest absolute Gasteiger partial charge is 0.493 e. The van der Waals surface area contributed by atoms with Crippen LogP contribution in [0.15, 0.2) is 60.8 Å². The Morgan fingerprint density at radius 2 is 1.79 bits per heavy atom. The van der Waals surface area contributed by atoms with Crippen molar-refractivity contribution in [3.63, 3.8) is 0 Å². The van der Waals surface area contributed by atoms with Gasteiger partial charge in [-0.25, -0.2) is 13.2 Å². The monoisotopic (exact) mass is 519 g/mol. The van der Waals surface area contributed by atoms with Crippen LogP contribution in [-0.2, 0) is 9.53 Å². The molecular weight excluding hydrogens is 495 g/mol. The quantitative estimate of drug-likeness (QED) is 0.353. The molecule has 1 amide bonds. The van der Waals surface area contributed by atoms with Crippen molar-refractivity contribution in [3.05, 3.63) is 83.8 Å². The van der Waals surface area contributed by atoms with Gasteiger partial charge < -0.3 is 19.7 Å². The Labute approximate surface area is 217 Å². The number of carbonyl (C=O) groups excluding carboxylic acids is 1. The highest BCUT2D eigenvalue weighted by molar-refractivity contribution is 6.08. The number of nitrogens with one attached hydrogen (secondary N) is 1. The molecule has 2 aliphatic heterocycles. The van der Waals surface area contributed by atoms with Crippen molar-refractivity contribution in [1.29, 1.82) is 0 Å². The van der Waals surface area contributed by atoms with Gasteiger partial charge in [0, 0.05) is 41.2 Å². The summed E-state index contributed by atoms with van der Waals surface area (Å²) in [4.78, 5) is 20.2. The number of aromatic nitrogens is 1. The van der Waals surface area contributed by atoms with E-state index in [0.29, 0.717) is 73.4 Å². The van der Waals surface area contributed by atoms with Crippen molar-refractivity contribution in [1.82, 2.24) is 4.98 Å². The molecule has 6 rings (SSSR count). The number of anilines is 2. The molecule has 0 spiro atoms. The van der Waals surface area contributed by atoms with Crippen molar-refractivity contribution in [2.75, 3.05) is 43.1 Å². The van der Waals surface area contributed by atoms with Crippen LogP contribution in [0.4, 0.5) is 24.5 Å². The number of hydrogen-bond acceptors (Lipinski definition) is 5. The minimum absolute atomic E-state index is 0.189. The number of amides is 1. The predicted molar refractivity (Wildman–Crippen MR) is 138 cm³/mol. The fourth-order valence-electron chi connectivity index (χ4n) is 5.23. The van der Waals surface area contributed by atoms with Crippen LogP contribution in [0.2, 0.25) is 0 Å². The molecule has 1 atom stereocenters. The average Bonchev–Trinajstić information content (AvgIpc) is 2.94. The molecule has 6 nitrogen and oxygen atoms in total. The smallest absolute Gasteiger partial charge is 0.232 e. The lowest BCUT2D eigenvalue weighted by Gasteiger charge is -2.32. The highest BCUT2D eigenvalue weighted by atomic mass is 19.2. The maximum absolute atomic E-state index is 14.8. The summed E-state index contributed by atoms with van der Waals surface area (Å²) in [6, 6.07) is 14.0. The molecule has 0 saturated carbocycles. The molecule has 2 aliphatic rings.